The summed E-state index contributed by atoms with van der Waals surface area (Å²) in [4.78, 5) is 11.8. The van der Waals surface area contributed by atoms with Crippen LogP contribution in [0.5, 0.6) is 0 Å². The molecular weight excluding hydrogens is 204 g/mol. The van der Waals surface area contributed by atoms with Crippen molar-refractivity contribution in [3.8, 4) is 0 Å². The van der Waals surface area contributed by atoms with Crippen LogP contribution in [0.3, 0.4) is 0 Å². The Balaban J connectivity index is 2.38. The van der Waals surface area contributed by atoms with Crippen molar-refractivity contribution in [3.05, 3.63) is 0 Å². The predicted molar refractivity (Wildman–Crippen MR) is 64.3 cm³/mol. The van der Waals surface area contributed by atoms with Crippen molar-refractivity contribution >= 4 is 5.91 Å². The number of rotatable bonds is 4. The molecule has 0 bridgehead atoms. The van der Waals surface area contributed by atoms with Crippen molar-refractivity contribution < 1.29 is 9.53 Å². The molecule has 2 unspecified atom stereocenters. The Kier molecular flexibility index (Phi) is 4.74. The van der Waals surface area contributed by atoms with Crippen LogP contribution < -0.4 is 10.6 Å². The summed E-state index contributed by atoms with van der Waals surface area (Å²) in [7, 11) is 1.64. The van der Waals surface area contributed by atoms with Crippen molar-refractivity contribution in [2.75, 3.05) is 20.2 Å². The molecule has 0 aromatic heterocycles. The summed E-state index contributed by atoms with van der Waals surface area (Å²) in [5, 5.41) is 6.42. The Morgan fingerprint density at radius 1 is 1.56 bits per heavy atom. The minimum atomic E-state index is -0.375. The molecule has 94 valence electrons. The molecule has 0 spiro atoms. The Morgan fingerprint density at radius 3 is 2.81 bits per heavy atom. The maximum Gasteiger partial charge on any atom is 0.223 e. The first-order valence-electron chi connectivity index (χ1n) is 6.00. The van der Waals surface area contributed by atoms with Gasteiger partial charge in [-0.3, -0.25) is 4.79 Å². The summed E-state index contributed by atoms with van der Waals surface area (Å²) in [5.41, 5.74) is -0.375. The third-order valence-corrected chi connectivity index (χ3v) is 3.27. The van der Waals surface area contributed by atoms with E-state index in [1.165, 1.54) is 0 Å². The number of methoxy groups -OCH3 is 1. The number of carbonyl (C=O) groups is 1. The highest BCUT2D eigenvalue weighted by molar-refractivity contribution is 5.77. The molecule has 0 radical (unpaired) electrons. The summed E-state index contributed by atoms with van der Waals surface area (Å²) in [5.74, 6) is 0.592. The lowest BCUT2D eigenvalue weighted by molar-refractivity contribution is -0.127. The normalized spacial score (nSPS) is 26.5. The number of amides is 1. The number of nitrogens with one attached hydrogen (secondary N) is 2. The molecule has 1 saturated heterocycles. The second-order valence-corrected chi connectivity index (χ2v) is 5.28. The summed E-state index contributed by atoms with van der Waals surface area (Å²) in [6, 6.07) is 0.307. The van der Waals surface area contributed by atoms with Crippen LogP contribution in [-0.2, 0) is 9.53 Å². The van der Waals surface area contributed by atoms with Crippen molar-refractivity contribution in [1.29, 1.82) is 0 Å². The topological polar surface area (TPSA) is 50.4 Å². The smallest absolute Gasteiger partial charge is 0.223 e. The second-order valence-electron chi connectivity index (χ2n) is 5.28. The first kappa shape index (κ1) is 13.5. The van der Waals surface area contributed by atoms with Gasteiger partial charge < -0.3 is 15.4 Å². The summed E-state index contributed by atoms with van der Waals surface area (Å²) < 4.78 is 5.25. The highest BCUT2D eigenvalue weighted by atomic mass is 16.5. The van der Waals surface area contributed by atoms with Crippen molar-refractivity contribution in [3.63, 3.8) is 0 Å². The first-order valence-corrected chi connectivity index (χ1v) is 6.00. The summed E-state index contributed by atoms with van der Waals surface area (Å²) in [6.45, 7) is 8.00. The molecule has 1 heterocycles. The molecule has 0 aromatic rings. The van der Waals surface area contributed by atoms with Gasteiger partial charge in [-0.2, -0.15) is 0 Å². The van der Waals surface area contributed by atoms with Gasteiger partial charge >= 0.3 is 0 Å². The molecule has 2 atom stereocenters. The third-order valence-electron chi connectivity index (χ3n) is 3.27. The molecular formula is C12H24N2O2. The van der Waals surface area contributed by atoms with E-state index in [1.54, 1.807) is 7.11 Å². The van der Waals surface area contributed by atoms with Crippen LogP contribution in [0, 0.1) is 5.92 Å². The molecule has 1 fully saturated rings. The van der Waals surface area contributed by atoms with E-state index in [1.807, 2.05) is 13.8 Å². The minimum Gasteiger partial charge on any atom is -0.378 e. The number of piperidine rings is 1. The lowest BCUT2D eigenvalue weighted by atomic mass is 9.94. The Morgan fingerprint density at radius 2 is 2.25 bits per heavy atom. The Labute approximate surface area is 98.1 Å². The van der Waals surface area contributed by atoms with Crippen LogP contribution in [0.15, 0.2) is 0 Å². The molecule has 1 aliphatic heterocycles. The molecule has 16 heavy (non-hydrogen) atoms. The second kappa shape index (κ2) is 5.64. The molecule has 4 nitrogen and oxygen atoms in total. The van der Waals surface area contributed by atoms with Crippen LogP contribution in [0.2, 0.25) is 0 Å². The van der Waals surface area contributed by atoms with Gasteiger partial charge in [-0.25, -0.2) is 0 Å². The standard InChI is InChI=1S/C12H24N2O2/c1-9-8-13-6-5-10(9)14-11(15)7-12(2,3)16-4/h9-10,13H,5-8H2,1-4H3,(H,14,15). The maximum atomic E-state index is 11.8. The van der Waals surface area contributed by atoms with Gasteiger partial charge in [0.25, 0.3) is 0 Å². The number of hydrogen-bond acceptors (Lipinski definition) is 3. The molecule has 2 N–H and O–H groups in total. The quantitative estimate of drug-likeness (QED) is 0.752. The zero-order chi connectivity index (χ0) is 12.2. The first-order chi connectivity index (χ1) is 7.44. The van der Waals surface area contributed by atoms with E-state index in [9.17, 15) is 4.79 Å². The number of ether oxygens (including phenoxy) is 1. The molecule has 1 rings (SSSR count). The third kappa shape index (κ3) is 4.10. The van der Waals surface area contributed by atoms with E-state index < -0.39 is 0 Å². The van der Waals surface area contributed by atoms with Crippen LogP contribution in [0.4, 0.5) is 0 Å². The fourth-order valence-electron chi connectivity index (χ4n) is 1.95. The SMILES string of the molecule is COC(C)(C)CC(=O)NC1CCNCC1C. The van der Waals surface area contributed by atoms with E-state index in [0.29, 0.717) is 18.4 Å². The van der Waals surface area contributed by atoms with Gasteiger partial charge in [0.2, 0.25) is 5.91 Å². The lowest BCUT2D eigenvalue weighted by Crippen LogP contribution is -2.49. The Hall–Kier alpha value is -0.610. The fraction of sp³-hybridized carbons (Fsp3) is 0.917. The van der Waals surface area contributed by atoms with Crippen LogP contribution in [-0.4, -0.2) is 37.7 Å². The molecule has 0 aliphatic carbocycles. The molecule has 1 aliphatic rings. The van der Waals surface area contributed by atoms with Gasteiger partial charge in [0, 0.05) is 13.2 Å². The zero-order valence-corrected chi connectivity index (χ0v) is 10.8. The van der Waals surface area contributed by atoms with E-state index >= 15 is 0 Å². The van der Waals surface area contributed by atoms with Gasteiger partial charge in [-0.05, 0) is 39.3 Å². The molecule has 0 saturated carbocycles. The lowest BCUT2D eigenvalue weighted by Gasteiger charge is -2.31. The van der Waals surface area contributed by atoms with E-state index in [0.717, 1.165) is 19.5 Å². The Bertz CT molecular complexity index is 241. The highest BCUT2D eigenvalue weighted by Gasteiger charge is 2.26. The largest absolute Gasteiger partial charge is 0.378 e. The average Bonchev–Trinajstić information content (AvgIpc) is 2.21. The van der Waals surface area contributed by atoms with Gasteiger partial charge in [0.05, 0.1) is 12.0 Å². The van der Waals surface area contributed by atoms with Gasteiger partial charge in [-0.1, -0.05) is 6.92 Å². The summed E-state index contributed by atoms with van der Waals surface area (Å²) >= 11 is 0. The van der Waals surface area contributed by atoms with Gasteiger partial charge in [0.1, 0.15) is 0 Å². The predicted octanol–water partition coefficient (Wildman–Crippen LogP) is 0.916. The highest BCUT2D eigenvalue weighted by Crippen LogP contribution is 2.15. The van der Waals surface area contributed by atoms with Crippen molar-refractivity contribution in [1.82, 2.24) is 10.6 Å². The van der Waals surface area contributed by atoms with Gasteiger partial charge in [-0.15, -0.1) is 0 Å². The number of carbonyl (C=O) groups excluding carboxylic acids is 1. The molecule has 4 heteroatoms. The fourth-order valence-corrected chi connectivity index (χ4v) is 1.95. The van der Waals surface area contributed by atoms with Crippen LogP contribution in [0.25, 0.3) is 0 Å². The molecule has 0 aromatic carbocycles. The van der Waals surface area contributed by atoms with Gasteiger partial charge in [0.15, 0.2) is 0 Å². The average molecular weight is 228 g/mol. The minimum absolute atomic E-state index is 0.0885. The monoisotopic (exact) mass is 228 g/mol. The van der Waals surface area contributed by atoms with Crippen molar-refractivity contribution in [2.45, 2.75) is 45.3 Å². The van der Waals surface area contributed by atoms with E-state index in [-0.39, 0.29) is 11.5 Å². The molecule has 1 amide bonds. The van der Waals surface area contributed by atoms with E-state index in [4.69, 9.17) is 4.74 Å². The summed E-state index contributed by atoms with van der Waals surface area (Å²) in [6.07, 6.45) is 1.43. The van der Waals surface area contributed by atoms with E-state index in [2.05, 4.69) is 17.6 Å². The zero-order valence-electron chi connectivity index (χ0n) is 10.8. The maximum absolute atomic E-state index is 11.8. The van der Waals surface area contributed by atoms with Crippen molar-refractivity contribution in [2.24, 2.45) is 5.92 Å². The number of hydrogen-bond donors (Lipinski definition) is 2. The van der Waals surface area contributed by atoms with Crippen LogP contribution >= 0.6 is 0 Å². The van der Waals surface area contributed by atoms with Crippen LogP contribution in [0.1, 0.15) is 33.6 Å².